The Labute approximate surface area is 172 Å². The number of fused-ring (bicyclic) bond motifs is 1. The van der Waals surface area contributed by atoms with Gasteiger partial charge in [-0.1, -0.05) is 57.2 Å². The maximum absolute atomic E-state index is 12.8. The van der Waals surface area contributed by atoms with E-state index in [4.69, 9.17) is 0 Å². The summed E-state index contributed by atoms with van der Waals surface area (Å²) >= 11 is 0. The van der Waals surface area contributed by atoms with Crippen molar-refractivity contribution < 1.29 is 13.2 Å². The van der Waals surface area contributed by atoms with Crippen molar-refractivity contribution in [2.45, 2.75) is 51.1 Å². The highest BCUT2D eigenvalue weighted by Gasteiger charge is 2.31. The molecular weight excluding hydrogens is 386 g/mol. The van der Waals surface area contributed by atoms with Crippen LogP contribution >= 0.6 is 0 Å². The molecule has 0 radical (unpaired) electrons. The van der Waals surface area contributed by atoms with Gasteiger partial charge in [0.05, 0.1) is 10.9 Å². The molecule has 0 spiro atoms. The lowest BCUT2D eigenvalue weighted by atomic mass is 9.94. The minimum absolute atomic E-state index is 0.149. The number of benzene rings is 2. The van der Waals surface area contributed by atoms with Crippen LogP contribution < -0.4 is 10.0 Å². The van der Waals surface area contributed by atoms with E-state index in [-0.39, 0.29) is 28.6 Å². The minimum atomic E-state index is -3.62. The Hall–Kier alpha value is -2.67. The van der Waals surface area contributed by atoms with Gasteiger partial charge in [0.2, 0.25) is 5.91 Å². The molecule has 1 aliphatic heterocycles. The quantitative estimate of drug-likeness (QED) is 0.762. The molecule has 29 heavy (non-hydrogen) atoms. The van der Waals surface area contributed by atoms with Crippen LogP contribution in [0.3, 0.4) is 0 Å². The molecule has 0 saturated heterocycles. The molecule has 3 rings (SSSR count). The minimum Gasteiger partial charge on any atom is -0.347 e. The summed E-state index contributed by atoms with van der Waals surface area (Å²) in [5.41, 5.74) is 2.77. The predicted octanol–water partition coefficient (Wildman–Crippen LogP) is 3.19. The lowest BCUT2D eigenvalue weighted by Crippen LogP contribution is -2.38. The van der Waals surface area contributed by atoms with E-state index in [1.54, 1.807) is 25.1 Å². The normalized spacial score (nSPS) is 18.2. The molecule has 0 aromatic heterocycles. The second kappa shape index (κ2) is 8.37. The van der Waals surface area contributed by atoms with Gasteiger partial charge in [0, 0.05) is 5.56 Å². The molecule has 0 bridgehead atoms. The van der Waals surface area contributed by atoms with Crippen LogP contribution in [0.4, 0.5) is 0 Å². The van der Waals surface area contributed by atoms with Gasteiger partial charge in [0.25, 0.3) is 10.0 Å². The number of amidine groups is 1. The molecule has 6 nitrogen and oxygen atoms in total. The van der Waals surface area contributed by atoms with Crippen LogP contribution in [0.1, 0.15) is 50.4 Å². The molecule has 0 saturated carbocycles. The number of amides is 1. The molecule has 2 aromatic carbocycles. The van der Waals surface area contributed by atoms with Gasteiger partial charge in [0.1, 0.15) is 11.9 Å². The fourth-order valence-corrected chi connectivity index (χ4v) is 4.59. The van der Waals surface area contributed by atoms with Gasteiger partial charge >= 0.3 is 0 Å². The highest BCUT2D eigenvalue weighted by Crippen LogP contribution is 2.24. The highest BCUT2D eigenvalue weighted by molar-refractivity contribution is 7.90. The Balaban J connectivity index is 1.80. The fourth-order valence-electron chi connectivity index (χ4n) is 3.35. The zero-order valence-electron chi connectivity index (χ0n) is 17.1. The van der Waals surface area contributed by atoms with Gasteiger partial charge in [-0.3, -0.25) is 14.5 Å². The van der Waals surface area contributed by atoms with Gasteiger partial charge in [0.15, 0.2) is 0 Å². The molecular formula is C22H27N3O3S. The van der Waals surface area contributed by atoms with E-state index < -0.39 is 16.1 Å². The van der Waals surface area contributed by atoms with Crippen LogP contribution in [0.25, 0.3) is 0 Å². The molecule has 154 valence electrons. The van der Waals surface area contributed by atoms with Crippen molar-refractivity contribution in [1.82, 2.24) is 10.0 Å². The second-order valence-corrected chi connectivity index (χ2v) is 9.23. The largest absolute Gasteiger partial charge is 0.347 e. The third-order valence-electron chi connectivity index (χ3n) is 5.08. The Bertz CT molecular complexity index is 1030. The summed E-state index contributed by atoms with van der Waals surface area (Å²) in [6.07, 6.45) is 0.963. The standard InChI is InChI=1S/C22H27N3O3S/c1-5-16-10-12-17(13-11-16)20(14(2)3)24-22(26)15(4)23-21-18-8-6-7-9-19(18)29(27,28)25-21/h6-15,20H,5H2,1-4H3,(H,23,25)(H,24,26)/t15-,20?/m0/s1. The Morgan fingerprint density at radius 2 is 1.72 bits per heavy atom. The van der Waals surface area contributed by atoms with E-state index in [0.717, 1.165) is 12.0 Å². The van der Waals surface area contributed by atoms with Crippen LogP contribution in [-0.4, -0.2) is 26.2 Å². The Morgan fingerprint density at radius 1 is 1.07 bits per heavy atom. The van der Waals surface area contributed by atoms with Crippen molar-refractivity contribution in [1.29, 1.82) is 0 Å². The van der Waals surface area contributed by atoms with Gasteiger partial charge in [-0.2, -0.15) is 0 Å². The first-order valence-electron chi connectivity index (χ1n) is 9.82. The maximum atomic E-state index is 12.8. The highest BCUT2D eigenvalue weighted by atomic mass is 32.2. The number of nitrogens with one attached hydrogen (secondary N) is 2. The van der Waals surface area contributed by atoms with Gasteiger partial charge in [-0.15, -0.1) is 0 Å². The van der Waals surface area contributed by atoms with Gasteiger partial charge < -0.3 is 5.32 Å². The summed E-state index contributed by atoms with van der Waals surface area (Å²) in [4.78, 5) is 17.4. The first-order chi connectivity index (χ1) is 13.7. The van der Waals surface area contributed by atoms with E-state index >= 15 is 0 Å². The van der Waals surface area contributed by atoms with Crippen LogP contribution in [0.5, 0.6) is 0 Å². The molecule has 1 aliphatic rings. The van der Waals surface area contributed by atoms with Crippen LogP contribution in [0.2, 0.25) is 0 Å². The molecule has 7 heteroatoms. The van der Waals surface area contributed by atoms with E-state index in [1.807, 2.05) is 12.1 Å². The number of sulfonamides is 1. The molecule has 0 fully saturated rings. The number of aryl methyl sites for hydroxylation is 1. The van der Waals surface area contributed by atoms with E-state index in [0.29, 0.717) is 5.56 Å². The SMILES string of the molecule is CCc1ccc(C(NC(=O)[C@H](C)N=C2NS(=O)(=O)c3ccccc32)C(C)C)cc1. The lowest BCUT2D eigenvalue weighted by Gasteiger charge is -2.24. The van der Waals surface area contributed by atoms with Gasteiger partial charge in [-0.05, 0) is 42.5 Å². The summed E-state index contributed by atoms with van der Waals surface area (Å²) in [7, 11) is -3.62. The van der Waals surface area contributed by atoms with E-state index in [1.165, 1.54) is 11.6 Å². The number of hydrogen-bond acceptors (Lipinski definition) is 4. The van der Waals surface area contributed by atoms with Crippen LogP contribution in [-0.2, 0) is 21.2 Å². The Kier molecular flexibility index (Phi) is 6.07. The van der Waals surface area contributed by atoms with Gasteiger partial charge in [-0.25, -0.2) is 8.42 Å². The molecule has 1 heterocycles. The number of aliphatic imine (C=N–C) groups is 1. The molecule has 1 amide bonds. The van der Waals surface area contributed by atoms with Crippen molar-refractivity contribution in [2.24, 2.45) is 10.9 Å². The van der Waals surface area contributed by atoms with E-state index in [2.05, 4.69) is 47.9 Å². The number of carbonyl (C=O) groups is 1. The first-order valence-corrected chi connectivity index (χ1v) is 11.3. The lowest BCUT2D eigenvalue weighted by molar-refractivity contribution is -0.123. The summed E-state index contributed by atoms with van der Waals surface area (Å²) in [6.45, 7) is 7.87. The molecule has 1 unspecified atom stereocenters. The average Bonchev–Trinajstić information content (AvgIpc) is 2.96. The number of carbonyl (C=O) groups excluding carboxylic acids is 1. The third-order valence-corrected chi connectivity index (χ3v) is 6.47. The molecule has 2 atom stereocenters. The second-order valence-electron chi connectivity index (χ2n) is 7.58. The number of rotatable bonds is 6. The Morgan fingerprint density at radius 3 is 2.34 bits per heavy atom. The van der Waals surface area contributed by atoms with Crippen molar-refractivity contribution >= 4 is 21.8 Å². The zero-order chi connectivity index (χ0) is 21.2. The summed E-state index contributed by atoms with van der Waals surface area (Å²) in [5, 5.41) is 3.07. The monoisotopic (exact) mass is 413 g/mol. The summed E-state index contributed by atoms with van der Waals surface area (Å²) in [6, 6.07) is 14.0. The fraction of sp³-hybridized carbons (Fsp3) is 0.364. The van der Waals surface area contributed by atoms with Crippen LogP contribution in [0.15, 0.2) is 58.4 Å². The molecule has 0 aliphatic carbocycles. The maximum Gasteiger partial charge on any atom is 0.263 e. The molecule has 2 aromatic rings. The van der Waals surface area contributed by atoms with Crippen molar-refractivity contribution in [3.63, 3.8) is 0 Å². The van der Waals surface area contributed by atoms with Crippen molar-refractivity contribution in [3.05, 3.63) is 65.2 Å². The number of hydrogen-bond donors (Lipinski definition) is 2. The van der Waals surface area contributed by atoms with Crippen molar-refractivity contribution in [3.8, 4) is 0 Å². The number of nitrogens with zero attached hydrogens (tertiary/aromatic N) is 1. The first kappa shape index (κ1) is 21.0. The smallest absolute Gasteiger partial charge is 0.263 e. The summed E-state index contributed by atoms with van der Waals surface area (Å²) < 4.78 is 26.9. The zero-order valence-corrected chi connectivity index (χ0v) is 18.0. The average molecular weight is 414 g/mol. The summed E-state index contributed by atoms with van der Waals surface area (Å²) in [5.74, 6) is 0.146. The third kappa shape index (κ3) is 4.50. The van der Waals surface area contributed by atoms with E-state index in [9.17, 15) is 13.2 Å². The van der Waals surface area contributed by atoms with Crippen molar-refractivity contribution in [2.75, 3.05) is 0 Å². The van der Waals surface area contributed by atoms with Crippen LogP contribution in [0, 0.1) is 5.92 Å². The molecule has 2 N–H and O–H groups in total. The topological polar surface area (TPSA) is 87.6 Å². The predicted molar refractivity (Wildman–Crippen MR) is 114 cm³/mol.